The van der Waals surface area contributed by atoms with Crippen LogP contribution < -0.4 is 5.73 Å². The standard InChI is InChI=1S/C28H34N2/c1-6-8-12-25(27-17-22-15-14-19(3)16-26(22)28(27)29)23(10-7-2)18-30-21(5)24-13-9-11-20(24)4/h9-10,12-16,18H,5-8,11,17,29H2,1-4H3/b23-10+,25-12-,30-18?. The summed E-state index contributed by atoms with van der Waals surface area (Å²) in [4.78, 5) is 4.76. The SMILES string of the molecule is C=C(N=CC(=C\CC)/C(=C/CCC)C1=C(N)c2cc(C)ccc2C1)C1=C(C)CC=C1. The Kier molecular flexibility index (Phi) is 7.10. The highest BCUT2D eigenvalue weighted by Crippen LogP contribution is 2.37. The van der Waals surface area contributed by atoms with Crippen molar-refractivity contribution in [3.63, 3.8) is 0 Å². The molecule has 156 valence electrons. The van der Waals surface area contributed by atoms with Crippen molar-refractivity contribution in [1.82, 2.24) is 0 Å². The Morgan fingerprint density at radius 2 is 2.00 bits per heavy atom. The molecule has 0 aromatic heterocycles. The third-order valence-corrected chi connectivity index (χ3v) is 5.78. The average molecular weight is 399 g/mol. The van der Waals surface area contributed by atoms with Gasteiger partial charge in [-0.1, -0.05) is 74.4 Å². The smallest absolute Gasteiger partial charge is 0.0629 e. The van der Waals surface area contributed by atoms with Crippen LogP contribution in [0.3, 0.4) is 0 Å². The molecule has 0 saturated heterocycles. The number of hydrogen-bond acceptors (Lipinski definition) is 2. The van der Waals surface area contributed by atoms with Crippen molar-refractivity contribution in [2.45, 2.75) is 59.8 Å². The van der Waals surface area contributed by atoms with Crippen molar-refractivity contribution in [2.24, 2.45) is 10.7 Å². The predicted molar refractivity (Wildman–Crippen MR) is 131 cm³/mol. The van der Waals surface area contributed by atoms with E-state index in [1.54, 1.807) is 0 Å². The van der Waals surface area contributed by atoms with E-state index in [2.05, 4.69) is 76.8 Å². The number of fused-ring (bicyclic) bond motifs is 1. The van der Waals surface area contributed by atoms with Crippen LogP contribution >= 0.6 is 0 Å². The van der Waals surface area contributed by atoms with E-state index in [9.17, 15) is 0 Å². The van der Waals surface area contributed by atoms with Gasteiger partial charge in [-0.15, -0.1) is 0 Å². The minimum atomic E-state index is 0.824. The summed E-state index contributed by atoms with van der Waals surface area (Å²) in [6.45, 7) is 12.8. The van der Waals surface area contributed by atoms with Gasteiger partial charge in [0, 0.05) is 23.9 Å². The molecule has 1 aromatic rings. The molecule has 2 N–H and O–H groups in total. The molecule has 0 aliphatic heterocycles. The molecule has 0 amide bonds. The summed E-state index contributed by atoms with van der Waals surface area (Å²) >= 11 is 0. The zero-order valence-corrected chi connectivity index (χ0v) is 18.9. The topological polar surface area (TPSA) is 38.4 Å². The fourth-order valence-corrected chi connectivity index (χ4v) is 4.11. The number of aryl methyl sites for hydroxylation is 1. The van der Waals surface area contributed by atoms with Gasteiger partial charge in [-0.05, 0) is 67.0 Å². The first kappa shape index (κ1) is 21.8. The van der Waals surface area contributed by atoms with Crippen molar-refractivity contribution in [3.05, 3.63) is 99.3 Å². The highest BCUT2D eigenvalue weighted by molar-refractivity contribution is 5.91. The lowest BCUT2D eigenvalue weighted by Gasteiger charge is -2.13. The van der Waals surface area contributed by atoms with Gasteiger partial charge in [0.25, 0.3) is 0 Å². The summed E-state index contributed by atoms with van der Waals surface area (Å²) in [6, 6.07) is 6.59. The molecule has 2 aliphatic carbocycles. The maximum Gasteiger partial charge on any atom is 0.0629 e. The first-order valence-electron chi connectivity index (χ1n) is 11.0. The van der Waals surface area contributed by atoms with Crippen LogP contribution in [0.15, 0.2) is 87.6 Å². The van der Waals surface area contributed by atoms with Crippen LogP contribution in [0.2, 0.25) is 0 Å². The van der Waals surface area contributed by atoms with Crippen LogP contribution in [-0.2, 0) is 6.42 Å². The first-order chi connectivity index (χ1) is 14.5. The second-order valence-corrected chi connectivity index (χ2v) is 8.21. The lowest BCUT2D eigenvalue weighted by molar-refractivity contribution is 0.950. The average Bonchev–Trinajstić information content (AvgIpc) is 3.30. The van der Waals surface area contributed by atoms with Gasteiger partial charge in [-0.25, -0.2) is 0 Å². The molecule has 0 fully saturated rings. The van der Waals surface area contributed by atoms with Crippen molar-refractivity contribution in [3.8, 4) is 0 Å². The summed E-state index contributed by atoms with van der Waals surface area (Å²) in [5, 5.41) is 0. The number of unbranched alkanes of at least 4 members (excludes halogenated alkanes) is 1. The number of rotatable bonds is 8. The lowest BCUT2D eigenvalue weighted by atomic mass is 9.94. The molecular formula is C28H34N2. The van der Waals surface area contributed by atoms with Crippen molar-refractivity contribution in [2.75, 3.05) is 0 Å². The summed E-state index contributed by atoms with van der Waals surface area (Å²) in [6.07, 6.45) is 15.8. The summed E-state index contributed by atoms with van der Waals surface area (Å²) < 4.78 is 0. The molecule has 3 rings (SSSR count). The molecule has 0 heterocycles. The van der Waals surface area contributed by atoms with Crippen LogP contribution in [0.25, 0.3) is 5.70 Å². The zero-order valence-electron chi connectivity index (χ0n) is 18.9. The second kappa shape index (κ2) is 9.75. The molecule has 0 unspecified atom stereocenters. The Morgan fingerprint density at radius 1 is 1.20 bits per heavy atom. The molecule has 0 atom stereocenters. The Hall–Kier alpha value is -2.87. The van der Waals surface area contributed by atoms with Gasteiger partial charge in [-0.2, -0.15) is 0 Å². The predicted octanol–water partition coefficient (Wildman–Crippen LogP) is 7.14. The van der Waals surface area contributed by atoms with Crippen LogP contribution in [0.4, 0.5) is 0 Å². The highest BCUT2D eigenvalue weighted by Gasteiger charge is 2.23. The highest BCUT2D eigenvalue weighted by atomic mass is 14.7. The van der Waals surface area contributed by atoms with Crippen molar-refractivity contribution >= 4 is 11.9 Å². The number of nitrogens with zero attached hydrogens (tertiary/aromatic N) is 1. The molecule has 0 saturated carbocycles. The first-order valence-corrected chi connectivity index (χ1v) is 11.0. The van der Waals surface area contributed by atoms with Crippen molar-refractivity contribution < 1.29 is 0 Å². The van der Waals surface area contributed by atoms with Gasteiger partial charge in [0.15, 0.2) is 0 Å². The fourth-order valence-electron chi connectivity index (χ4n) is 4.11. The van der Waals surface area contributed by atoms with E-state index in [0.29, 0.717) is 0 Å². The van der Waals surface area contributed by atoms with Crippen molar-refractivity contribution in [1.29, 1.82) is 0 Å². The summed E-state index contributed by atoms with van der Waals surface area (Å²) in [5.74, 6) is 0. The van der Waals surface area contributed by atoms with Crippen LogP contribution in [0.5, 0.6) is 0 Å². The molecule has 0 radical (unpaired) electrons. The van der Waals surface area contributed by atoms with E-state index in [-0.39, 0.29) is 0 Å². The maximum atomic E-state index is 6.67. The van der Waals surface area contributed by atoms with Gasteiger partial charge < -0.3 is 5.73 Å². The number of hydrogen-bond donors (Lipinski definition) is 1. The van der Waals surface area contributed by atoms with E-state index in [4.69, 9.17) is 10.7 Å². The van der Waals surface area contributed by atoms with E-state index in [1.165, 1.54) is 33.4 Å². The quantitative estimate of drug-likeness (QED) is 0.366. The molecule has 2 nitrogen and oxygen atoms in total. The third kappa shape index (κ3) is 4.64. The molecule has 30 heavy (non-hydrogen) atoms. The largest absolute Gasteiger partial charge is 0.398 e. The Labute approximate surface area is 182 Å². The number of nitrogens with two attached hydrogens (primary N) is 1. The Bertz CT molecular complexity index is 1020. The van der Waals surface area contributed by atoms with Gasteiger partial charge in [0.2, 0.25) is 0 Å². The summed E-state index contributed by atoms with van der Waals surface area (Å²) in [5.41, 5.74) is 18.2. The number of aliphatic imine (C=N–C) groups is 1. The van der Waals surface area contributed by atoms with E-state index < -0.39 is 0 Å². The molecule has 2 heteroatoms. The molecule has 2 aliphatic rings. The monoisotopic (exact) mass is 398 g/mol. The maximum absolute atomic E-state index is 6.67. The minimum absolute atomic E-state index is 0.824. The van der Waals surface area contributed by atoms with E-state index in [0.717, 1.165) is 54.6 Å². The molecule has 0 spiro atoms. The number of allylic oxidation sites excluding steroid dienone is 8. The zero-order chi connectivity index (χ0) is 21.7. The summed E-state index contributed by atoms with van der Waals surface area (Å²) in [7, 11) is 0. The van der Waals surface area contributed by atoms with Crippen LogP contribution in [0, 0.1) is 6.92 Å². The molecule has 1 aromatic carbocycles. The third-order valence-electron chi connectivity index (χ3n) is 5.78. The Balaban J connectivity index is 1.98. The van der Waals surface area contributed by atoms with Crippen LogP contribution in [-0.4, -0.2) is 6.21 Å². The minimum Gasteiger partial charge on any atom is -0.398 e. The van der Waals surface area contributed by atoms with Gasteiger partial charge in [0.1, 0.15) is 0 Å². The second-order valence-electron chi connectivity index (χ2n) is 8.21. The Morgan fingerprint density at radius 3 is 2.67 bits per heavy atom. The fraction of sp³-hybridized carbons (Fsp3) is 0.321. The van der Waals surface area contributed by atoms with Crippen LogP contribution in [0.1, 0.15) is 63.1 Å². The lowest BCUT2D eigenvalue weighted by Crippen LogP contribution is -2.03. The number of benzene rings is 1. The van der Waals surface area contributed by atoms with Gasteiger partial charge >= 0.3 is 0 Å². The molecular weight excluding hydrogens is 364 g/mol. The van der Waals surface area contributed by atoms with Gasteiger partial charge in [-0.3, -0.25) is 4.99 Å². The van der Waals surface area contributed by atoms with E-state index in [1.807, 2.05) is 6.21 Å². The van der Waals surface area contributed by atoms with E-state index >= 15 is 0 Å². The normalized spacial score (nSPS) is 16.9. The van der Waals surface area contributed by atoms with Gasteiger partial charge in [0.05, 0.1) is 5.70 Å². The molecule has 0 bridgehead atoms.